The summed E-state index contributed by atoms with van der Waals surface area (Å²) in [6.07, 6.45) is 5.58. The highest BCUT2D eigenvalue weighted by Crippen LogP contribution is 2.32. The monoisotopic (exact) mass is 342 g/mol. The van der Waals surface area contributed by atoms with Crippen molar-refractivity contribution in [3.63, 3.8) is 0 Å². The summed E-state index contributed by atoms with van der Waals surface area (Å²) in [5.41, 5.74) is 0.969. The summed E-state index contributed by atoms with van der Waals surface area (Å²) in [7, 11) is 3.79. The van der Waals surface area contributed by atoms with Gasteiger partial charge in [-0.2, -0.15) is 5.10 Å². The number of hydrogen-bond donors (Lipinski definition) is 2. The van der Waals surface area contributed by atoms with E-state index in [2.05, 4.69) is 15.3 Å². The highest BCUT2D eigenvalue weighted by Gasteiger charge is 2.36. The van der Waals surface area contributed by atoms with Crippen molar-refractivity contribution in [2.45, 2.75) is 44.6 Å². The van der Waals surface area contributed by atoms with Crippen LogP contribution in [0.4, 0.5) is 0 Å². The minimum absolute atomic E-state index is 0.0903. The number of halogens is 1. The first-order valence-electron chi connectivity index (χ1n) is 8.21. The van der Waals surface area contributed by atoms with E-state index in [0.717, 1.165) is 31.4 Å². The lowest BCUT2D eigenvalue weighted by Gasteiger charge is -2.44. The van der Waals surface area contributed by atoms with Gasteiger partial charge < -0.3 is 10.4 Å². The first-order chi connectivity index (χ1) is 10.9. The van der Waals surface area contributed by atoms with Gasteiger partial charge in [0, 0.05) is 25.7 Å². The first kappa shape index (κ1) is 18.2. The summed E-state index contributed by atoms with van der Waals surface area (Å²) in [5.74, 6) is -0.235. The molecule has 2 N–H and O–H groups in total. The number of β-amino-alcohol motifs (C(OH)–C–C–N with tert-alkyl or cyclic N) is 1. The molecule has 1 aliphatic carbocycles. The van der Waals surface area contributed by atoms with Crippen LogP contribution >= 0.6 is 11.6 Å². The Kier molecular flexibility index (Phi) is 6.06. The summed E-state index contributed by atoms with van der Waals surface area (Å²) >= 11 is 6.19. The predicted octanol–water partition coefficient (Wildman–Crippen LogP) is 1.74. The van der Waals surface area contributed by atoms with Crippen molar-refractivity contribution in [1.82, 2.24) is 20.0 Å². The van der Waals surface area contributed by atoms with E-state index in [4.69, 9.17) is 11.6 Å². The van der Waals surface area contributed by atoms with Crippen molar-refractivity contribution in [3.8, 4) is 0 Å². The van der Waals surface area contributed by atoms with Crippen LogP contribution in [0.2, 0.25) is 5.02 Å². The molecular formula is C16H27ClN4O2. The molecule has 1 aromatic rings. The second kappa shape index (κ2) is 7.64. The van der Waals surface area contributed by atoms with Gasteiger partial charge >= 0.3 is 0 Å². The van der Waals surface area contributed by atoms with Crippen molar-refractivity contribution in [1.29, 1.82) is 0 Å². The van der Waals surface area contributed by atoms with Crippen LogP contribution in [0, 0.1) is 6.92 Å². The molecule has 7 heteroatoms. The van der Waals surface area contributed by atoms with Crippen LogP contribution < -0.4 is 5.32 Å². The van der Waals surface area contributed by atoms with Crippen LogP contribution in [0.15, 0.2) is 0 Å². The minimum atomic E-state index is -0.235. The maximum Gasteiger partial charge on any atom is 0.273 e. The average Bonchev–Trinajstić information content (AvgIpc) is 2.81. The molecular weight excluding hydrogens is 316 g/mol. The Labute approximate surface area is 142 Å². The Hall–Kier alpha value is -1.11. The van der Waals surface area contributed by atoms with Gasteiger partial charge in [-0.15, -0.1) is 0 Å². The number of nitrogens with one attached hydrogen (secondary N) is 1. The van der Waals surface area contributed by atoms with Gasteiger partial charge in [-0.1, -0.05) is 30.9 Å². The van der Waals surface area contributed by atoms with Crippen LogP contribution in [-0.2, 0) is 7.05 Å². The lowest BCUT2D eigenvalue weighted by molar-refractivity contribution is 0.0547. The van der Waals surface area contributed by atoms with Crippen LogP contribution in [0.3, 0.4) is 0 Å². The number of amides is 1. The Balaban J connectivity index is 2.08. The number of carbonyl (C=O) groups is 1. The second-order valence-corrected chi connectivity index (χ2v) is 6.86. The SMILES string of the molecule is Cc1c(Cl)c(C(=O)NCC2(N(C)CCO)CCCCC2)nn1C. The van der Waals surface area contributed by atoms with E-state index in [1.807, 2.05) is 14.0 Å². The Morgan fingerprint density at radius 2 is 2.09 bits per heavy atom. The standard InChI is InChI=1S/C16H27ClN4O2/c1-12-13(17)14(19-21(12)3)15(23)18-11-16(20(2)9-10-22)7-5-4-6-8-16/h22H,4-11H2,1-3H3,(H,18,23). The van der Waals surface area contributed by atoms with Gasteiger partial charge in [0.15, 0.2) is 5.69 Å². The summed E-state index contributed by atoms with van der Waals surface area (Å²) in [4.78, 5) is 14.6. The molecule has 130 valence electrons. The zero-order valence-electron chi connectivity index (χ0n) is 14.2. The smallest absolute Gasteiger partial charge is 0.273 e. The number of aliphatic hydroxyl groups excluding tert-OH is 1. The molecule has 0 unspecified atom stereocenters. The quantitative estimate of drug-likeness (QED) is 0.826. The van der Waals surface area contributed by atoms with E-state index in [1.165, 1.54) is 6.42 Å². The van der Waals surface area contributed by atoms with Gasteiger partial charge in [0.2, 0.25) is 0 Å². The molecule has 2 rings (SSSR count). The lowest BCUT2D eigenvalue weighted by Crippen LogP contribution is -2.56. The Morgan fingerprint density at radius 1 is 1.43 bits per heavy atom. The van der Waals surface area contributed by atoms with E-state index in [1.54, 1.807) is 11.7 Å². The van der Waals surface area contributed by atoms with Gasteiger partial charge in [0.25, 0.3) is 5.91 Å². The molecule has 1 saturated carbocycles. The number of rotatable bonds is 6. The normalized spacial score (nSPS) is 17.5. The molecule has 1 aliphatic rings. The summed E-state index contributed by atoms with van der Waals surface area (Å²) in [5, 5.41) is 16.9. The largest absolute Gasteiger partial charge is 0.395 e. The molecule has 1 heterocycles. The van der Waals surface area contributed by atoms with Crippen LogP contribution in [0.25, 0.3) is 0 Å². The number of likely N-dealkylation sites (N-methyl/N-ethyl adjacent to an activating group) is 1. The van der Waals surface area contributed by atoms with E-state index < -0.39 is 0 Å². The van der Waals surface area contributed by atoms with Crippen LogP contribution in [-0.4, -0.2) is 58.0 Å². The van der Waals surface area contributed by atoms with E-state index in [-0.39, 0.29) is 23.7 Å². The molecule has 0 saturated heterocycles. The van der Waals surface area contributed by atoms with Gasteiger partial charge in [0.1, 0.15) is 0 Å². The number of aromatic nitrogens is 2. The van der Waals surface area contributed by atoms with Gasteiger partial charge in [-0.3, -0.25) is 14.4 Å². The molecule has 0 spiro atoms. The Morgan fingerprint density at radius 3 is 2.61 bits per heavy atom. The first-order valence-corrected chi connectivity index (χ1v) is 8.58. The molecule has 1 amide bonds. The fourth-order valence-corrected chi connectivity index (χ4v) is 3.59. The predicted molar refractivity (Wildman–Crippen MR) is 90.8 cm³/mol. The van der Waals surface area contributed by atoms with Crippen molar-refractivity contribution >= 4 is 17.5 Å². The highest BCUT2D eigenvalue weighted by molar-refractivity contribution is 6.34. The number of aryl methyl sites for hydroxylation is 1. The number of carbonyl (C=O) groups excluding carboxylic acids is 1. The van der Waals surface area contributed by atoms with Gasteiger partial charge in [-0.25, -0.2) is 0 Å². The van der Waals surface area contributed by atoms with Crippen molar-refractivity contribution in [3.05, 3.63) is 16.4 Å². The molecule has 23 heavy (non-hydrogen) atoms. The molecule has 1 fully saturated rings. The molecule has 0 atom stereocenters. The topological polar surface area (TPSA) is 70.4 Å². The molecule has 1 aromatic heterocycles. The maximum absolute atomic E-state index is 12.5. The second-order valence-electron chi connectivity index (χ2n) is 6.48. The zero-order valence-corrected chi connectivity index (χ0v) is 15.0. The van der Waals surface area contributed by atoms with Crippen LogP contribution in [0.5, 0.6) is 0 Å². The van der Waals surface area contributed by atoms with E-state index in [0.29, 0.717) is 18.1 Å². The Bertz CT molecular complexity index is 553. The summed E-state index contributed by atoms with van der Waals surface area (Å²) in [6, 6.07) is 0. The number of nitrogens with zero attached hydrogens (tertiary/aromatic N) is 3. The van der Waals surface area contributed by atoms with E-state index in [9.17, 15) is 9.90 Å². The number of hydrogen-bond acceptors (Lipinski definition) is 4. The van der Waals surface area contributed by atoms with Crippen molar-refractivity contribution in [2.75, 3.05) is 26.7 Å². The fraction of sp³-hybridized carbons (Fsp3) is 0.750. The third kappa shape index (κ3) is 3.87. The van der Waals surface area contributed by atoms with Gasteiger partial charge in [-0.05, 0) is 26.8 Å². The zero-order chi connectivity index (χ0) is 17.0. The molecule has 6 nitrogen and oxygen atoms in total. The van der Waals surface area contributed by atoms with Gasteiger partial charge in [0.05, 0.1) is 17.3 Å². The lowest BCUT2D eigenvalue weighted by atomic mass is 9.80. The fourth-order valence-electron chi connectivity index (χ4n) is 3.35. The van der Waals surface area contributed by atoms with E-state index >= 15 is 0 Å². The molecule has 0 bridgehead atoms. The average molecular weight is 343 g/mol. The molecule has 0 aliphatic heterocycles. The van der Waals surface area contributed by atoms with Crippen molar-refractivity contribution < 1.29 is 9.90 Å². The highest BCUT2D eigenvalue weighted by atomic mass is 35.5. The summed E-state index contributed by atoms with van der Waals surface area (Å²) < 4.78 is 1.62. The van der Waals surface area contributed by atoms with Crippen LogP contribution in [0.1, 0.15) is 48.3 Å². The minimum Gasteiger partial charge on any atom is -0.395 e. The third-order valence-corrected chi connectivity index (χ3v) is 5.54. The molecule has 0 radical (unpaired) electrons. The number of aliphatic hydroxyl groups is 1. The maximum atomic E-state index is 12.5. The third-order valence-electron chi connectivity index (χ3n) is 5.08. The molecule has 0 aromatic carbocycles. The van der Waals surface area contributed by atoms with Crippen molar-refractivity contribution in [2.24, 2.45) is 7.05 Å². The summed E-state index contributed by atoms with van der Waals surface area (Å²) in [6.45, 7) is 3.12.